The van der Waals surface area contributed by atoms with Crippen molar-refractivity contribution in [1.29, 1.82) is 0 Å². The van der Waals surface area contributed by atoms with Crippen LogP contribution in [-0.2, 0) is 16.6 Å². The normalized spacial score (nSPS) is 24.4. The second-order valence-electron chi connectivity index (χ2n) is 4.06. The number of aldehydes is 1. The Morgan fingerprint density at radius 3 is 2.93 bits per heavy atom. The minimum absolute atomic E-state index is 0.276. The Morgan fingerprint density at radius 2 is 2.29 bits per heavy atom. The van der Waals surface area contributed by atoms with Gasteiger partial charge in [0.25, 0.3) is 0 Å². The first-order chi connectivity index (χ1) is 6.69. The van der Waals surface area contributed by atoms with E-state index in [1.807, 2.05) is 25.1 Å². The summed E-state index contributed by atoms with van der Waals surface area (Å²) in [5.74, 6) is 0.874. The fourth-order valence-corrected chi connectivity index (χ4v) is 2.11. The molecule has 0 unspecified atom stereocenters. The molecule has 1 atom stereocenters. The lowest BCUT2D eigenvalue weighted by atomic mass is 9.86. The lowest BCUT2D eigenvalue weighted by molar-refractivity contribution is -0.112. The molecule has 0 spiro atoms. The SMILES string of the molecule is COc1ccc2c(c1)CC[C@]2(C)C=O. The smallest absolute Gasteiger partial charge is 0.130 e. The Labute approximate surface area is 83.9 Å². The highest BCUT2D eigenvalue weighted by Gasteiger charge is 2.33. The summed E-state index contributed by atoms with van der Waals surface area (Å²) < 4.78 is 5.15. The monoisotopic (exact) mass is 190 g/mol. The second kappa shape index (κ2) is 3.12. The van der Waals surface area contributed by atoms with Gasteiger partial charge in [-0.1, -0.05) is 6.07 Å². The van der Waals surface area contributed by atoms with Crippen LogP contribution in [0.2, 0.25) is 0 Å². The van der Waals surface area contributed by atoms with Crippen LogP contribution < -0.4 is 4.74 Å². The van der Waals surface area contributed by atoms with Crippen LogP contribution in [-0.4, -0.2) is 13.4 Å². The van der Waals surface area contributed by atoms with E-state index < -0.39 is 0 Å². The van der Waals surface area contributed by atoms with Crippen LogP contribution in [0, 0.1) is 0 Å². The number of fused-ring (bicyclic) bond motifs is 1. The molecule has 2 heteroatoms. The van der Waals surface area contributed by atoms with E-state index in [9.17, 15) is 4.79 Å². The number of benzene rings is 1. The second-order valence-corrected chi connectivity index (χ2v) is 4.06. The van der Waals surface area contributed by atoms with Crippen molar-refractivity contribution in [3.05, 3.63) is 29.3 Å². The third-order valence-corrected chi connectivity index (χ3v) is 3.10. The number of carbonyl (C=O) groups is 1. The highest BCUT2D eigenvalue weighted by Crippen LogP contribution is 2.38. The first-order valence-electron chi connectivity index (χ1n) is 4.83. The lowest BCUT2D eigenvalue weighted by Gasteiger charge is -2.16. The fraction of sp³-hybridized carbons (Fsp3) is 0.417. The quantitative estimate of drug-likeness (QED) is 0.667. The Hall–Kier alpha value is -1.31. The molecule has 0 aromatic heterocycles. The van der Waals surface area contributed by atoms with Gasteiger partial charge in [-0.2, -0.15) is 0 Å². The molecule has 0 heterocycles. The van der Waals surface area contributed by atoms with Gasteiger partial charge in [-0.15, -0.1) is 0 Å². The summed E-state index contributed by atoms with van der Waals surface area (Å²) in [6.07, 6.45) is 2.95. The first-order valence-corrected chi connectivity index (χ1v) is 4.83. The van der Waals surface area contributed by atoms with E-state index in [0.29, 0.717) is 0 Å². The molecule has 0 amide bonds. The van der Waals surface area contributed by atoms with Crippen molar-refractivity contribution < 1.29 is 9.53 Å². The van der Waals surface area contributed by atoms with Crippen molar-refractivity contribution in [2.24, 2.45) is 0 Å². The largest absolute Gasteiger partial charge is 0.497 e. The first kappa shape index (κ1) is 9.25. The summed E-state index contributed by atoms with van der Waals surface area (Å²) in [5.41, 5.74) is 2.13. The standard InChI is InChI=1S/C12H14O2/c1-12(8-13)6-5-9-7-10(14-2)3-4-11(9)12/h3-4,7-8H,5-6H2,1-2H3/t12-/m1/s1. The molecular formula is C12H14O2. The summed E-state index contributed by atoms with van der Waals surface area (Å²) in [5, 5.41) is 0. The Bertz CT molecular complexity index is 371. The number of hydrogen-bond acceptors (Lipinski definition) is 2. The van der Waals surface area contributed by atoms with Gasteiger partial charge in [0, 0.05) is 5.41 Å². The van der Waals surface area contributed by atoms with Crippen LogP contribution in [0.3, 0.4) is 0 Å². The van der Waals surface area contributed by atoms with Crippen molar-refractivity contribution in [3.8, 4) is 5.75 Å². The Balaban J connectivity index is 2.48. The molecule has 14 heavy (non-hydrogen) atoms. The molecular weight excluding hydrogens is 176 g/mol. The van der Waals surface area contributed by atoms with Crippen LogP contribution >= 0.6 is 0 Å². The van der Waals surface area contributed by atoms with Gasteiger partial charge >= 0.3 is 0 Å². The summed E-state index contributed by atoms with van der Waals surface area (Å²) in [6, 6.07) is 5.96. The van der Waals surface area contributed by atoms with Crippen LogP contribution in [0.15, 0.2) is 18.2 Å². The van der Waals surface area contributed by atoms with E-state index in [0.717, 1.165) is 30.4 Å². The zero-order valence-electron chi connectivity index (χ0n) is 8.54. The molecule has 0 radical (unpaired) electrons. The number of aryl methyl sites for hydroxylation is 1. The van der Waals surface area contributed by atoms with Crippen molar-refractivity contribution in [2.45, 2.75) is 25.2 Å². The molecule has 1 aromatic carbocycles. The molecule has 0 N–H and O–H groups in total. The minimum Gasteiger partial charge on any atom is -0.497 e. The van der Waals surface area contributed by atoms with E-state index in [1.165, 1.54) is 5.56 Å². The molecule has 2 nitrogen and oxygen atoms in total. The average Bonchev–Trinajstić information content (AvgIpc) is 2.57. The molecule has 0 bridgehead atoms. The Morgan fingerprint density at radius 1 is 1.50 bits per heavy atom. The zero-order valence-corrected chi connectivity index (χ0v) is 8.54. The molecule has 74 valence electrons. The third-order valence-electron chi connectivity index (χ3n) is 3.10. The predicted molar refractivity (Wildman–Crippen MR) is 54.7 cm³/mol. The van der Waals surface area contributed by atoms with Crippen LogP contribution in [0.5, 0.6) is 5.75 Å². The molecule has 0 fully saturated rings. The number of carbonyl (C=O) groups excluding carboxylic acids is 1. The summed E-state index contributed by atoms with van der Waals surface area (Å²) in [7, 11) is 1.66. The maximum Gasteiger partial charge on any atom is 0.130 e. The summed E-state index contributed by atoms with van der Waals surface area (Å²) in [6.45, 7) is 2.00. The topological polar surface area (TPSA) is 26.3 Å². The van der Waals surface area contributed by atoms with E-state index in [4.69, 9.17) is 4.74 Å². The van der Waals surface area contributed by atoms with Gasteiger partial charge in [0.05, 0.1) is 7.11 Å². The predicted octanol–water partition coefficient (Wildman–Crippen LogP) is 2.10. The number of rotatable bonds is 2. The highest BCUT2D eigenvalue weighted by atomic mass is 16.5. The number of methoxy groups -OCH3 is 1. The van der Waals surface area contributed by atoms with Gasteiger partial charge in [0.15, 0.2) is 0 Å². The molecule has 1 aliphatic rings. The van der Waals surface area contributed by atoms with E-state index in [-0.39, 0.29) is 5.41 Å². The third kappa shape index (κ3) is 1.22. The van der Waals surface area contributed by atoms with Gasteiger partial charge in [-0.05, 0) is 43.0 Å². The Kier molecular flexibility index (Phi) is 2.06. The zero-order chi connectivity index (χ0) is 10.2. The van der Waals surface area contributed by atoms with Crippen LogP contribution in [0.25, 0.3) is 0 Å². The molecule has 0 aliphatic heterocycles. The van der Waals surface area contributed by atoms with Crippen molar-refractivity contribution in [3.63, 3.8) is 0 Å². The minimum atomic E-state index is -0.276. The van der Waals surface area contributed by atoms with Gasteiger partial charge in [-0.3, -0.25) is 0 Å². The van der Waals surface area contributed by atoms with Gasteiger partial charge in [0.1, 0.15) is 12.0 Å². The maximum absolute atomic E-state index is 11.0. The molecule has 1 aliphatic carbocycles. The van der Waals surface area contributed by atoms with Gasteiger partial charge < -0.3 is 9.53 Å². The van der Waals surface area contributed by atoms with E-state index in [2.05, 4.69) is 0 Å². The highest BCUT2D eigenvalue weighted by molar-refractivity contribution is 5.71. The van der Waals surface area contributed by atoms with E-state index in [1.54, 1.807) is 7.11 Å². The van der Waals surface area contributed by atoms with Crippen LogP contribution in [0.4, 0.5) is 0 Å². The number of hydrogen-bond donors (Lipinski definition) is 0. The lowest BCUT2D eigenvalue weighted by Crippen LogP contribution is -2.19. The van der Waals surface area contributed by atoms with Crippen molar-refractivity contribution in [2.75, 3.05) is 7.11 Å². The molecule has 0 saturated carbocycles. The maximum atomic E-state index is 11.0. The number of ether oxygens (including phenoxy) is 1. The summed E-state index contributed by atoms with van der Waals surface area (Å²) >= 11 is 0. The average molecular weight is 190 g/mol. The van der Waals surface area contributed by atoms with Crippen molar-refractivity contribution >= 4 is 6.29 Å². The summed E-state index contributed by atoms with van der Waals surface area (Å²) in [4.78, 5) is 11.0. The van der Waals surface area contributed by atoms with E-state index >= 15 is 0 Å². The van der Waals surface area contributed by atoms with Gasteiger partial charge in [-0.25, -0.2) is 0 Å². The molecule has 1 aromatic rings. The molecule has 2 rings (SSSR count). The van der Waals surface area contributed by atoms with Gasteiger partial charge in [0.2, 0.25) is 0 Å². The molecule has 0 saturated heterocycles. The van der Waals surface area contributed by atoms with Crippen molar-refractivity contribution in [1.82, 2.24) is 0 Å². The fourth-order valence-electron chi connectivity index (χ4n) is 2.11. The van der Waals surface area contributed by atoms with Crippen LogP contribution in [0.1, 0.15) is 24.5 Å².